The standard InChI is InChI=1S/C14H19N3O/c1-8-7-12(18-5)9(2)6-11(8)13-10(3)16-14(15)17(13)4/h6-7H,1-5H3,(H2,15,16). The number of aromatic nitrogens is 2. The first-order valence-corrected chi connectivity index (χ1v) is 5.90. The first-order valence-electron chi connectivity index (χ1n) is 5.90. The topological polar surface area (TPSA) is 53.1 Å². The van der Waals surface area contributed by atoms with Crippen molar-refractivity contribution >= 4 is 5.95 Å². The molecule has 0 amide bonds. The Kier molecular flexibility index (Phi) is 3.03. The van der Waals surface area contributed by atoms with Gasteiger partial charge < -0.3 is 15.0 Å². The Labute approximate surface area is 107 Å². The molecule has 0 fully saturated rings. The van der Waals surface area contributed by atoms with Gasteiger partial charge in [-0.1, -0.05) is 0 Å². The Balaban J connectivity index is 2.68. The van der Waals surface area contributed by atoms with E-state index in [4.69, 9.17) is 10.5 Å². The number of nitrogen functional groups attached to an aromatic ring is 1. The van der Waals surface area contributed by atoms with Crippen molar-refractivity contribution in [1.82, 2.24) is 9.55 Å². The highest BCUT2D eigenvalue weighted by Gasteiger charge is 2.15. The highest BCUT2D eigenvalue weighted by Crippen LogP contribution is 2.32. The monoisotopic (exact) mass is 245 g/mol. The molecule has 1 heterocycles. The maximum atomic E-state index is 5.85. The van der Waals surface area contributed by atoms with Crippen LogP contribution < -0.4 is 10.5 Å². The van der Waals surface area contributed by atoms with Gasteiger partial charge in [-0.25, -0.2) is 4.98 Å². The zero-order chi connectivity index (χ0) is 13.4. The molecular formula is C14H19N3O. The van der Waals surface area contributed by atoms with Crippen LogP contribution in [-0.2, 0) is 7.05 Å². The fraction of sp³-hybridized carbons (Fsp3) is 0.357. The minimum Gasteiger partial charge on any atom is -0.496 e. The van der Waals surface area contributed by atoms with Gasteiger partial charge in [0.05, 0.1) is 18.5 Å². The molecule has 0 radical (unpaired) electrons. The average Bonchev–Trinajstić information content (AvgIpc) is 2.56. The predicted octanol–water partition coefficient (Wildman–Crippen LogP) is 2.60. The molecule has 0 saturated carbocycles. The van der Waals surface area contributed by atoms with Gasteiger partial charge in [0, 0.05) is 12.6 Å². The van der Waals surface area contributed by atoms with E-state index in [1.54, 1.807) is 7.11 Å². The molecule has 0 atom stereocenters. The van der Waals surface area contributed by atoms with Crippen molar-refractivity contribution in [2.45, 2.75) is 20.8 Å². The van der Waals surface area contributed by atoms with Crippen LogP contribution in [0.1, 0.15) is 16.8 Å². The van der Waals surface area contributed by atoms with Crippen molar-refractivity contribution < 1.29 is 4.74 Å². The molecule has 0 bridgehead atoms. The van der Waals surface area contributed by atoms with Crippen LogP contribution in [-0.4, -0.2) is 16.7 Å². The van der Waals surface area contributed by atoms with Crippen LogP contribution >= 0.6 is 0 Å². The van der Waals surface area contributed by atoms with E-state index in [0.717, 1.165) is 33.8 Å². The minimum atomic E-state index is 0.537. The normalized spacial score (nSPS) is 10.7. The van der Waals surface area contributed by atoms with E-state index in [1.165, 1.54) is 0 Å². The Morgan fingerprint density at radius 3 is 2.33 bits per heavy atom. The summed E-state index contributed by atoms with van der Waals surface area (Å²) in [6.45, 7) is 6.08. The number of aryl methyl sites for hydroxylation is 3. The van der Waals surface area contributed by atoms with Crippen molar-refractivity contribution in [3.63, 3.8) is 0 Å². The van der Waals surface area contributed by atoms with Crippen LogP contribution in [0.5, 0.6) is 5.75 Å². The molecule has 4 nitrogen and oxygen atoms in total. The first kappa shape index (κ1) is 12.5. The number of benzene rings is 1. The molecule has 1 aromatic carbocycles. The molecule has 4 heteroatoms. The summed E-state index contributed by atoms with van der Waals surface area (Å²) < 4.78 is 7.26. The van der Waals surface area contributed by atoms with E-state index in [1.807, 2.05) is 31.5 Å². The molecule has 0 aliphatic carbocycles. The molecule has 18 heavy (non-hydrogen) atoms. The van der Waals surface area contributed by atoms with Crippen molar-refractivity contribution in [2.75, 3.05) is 12.8 Å². The van der Waals surface area contributed by atoms with E-state index >= 15 is 0 Å². The second kappa shape index (κ2) is 4.37. The maximum Gasteiger partial charge on any atom is 0.200 e. The van der Waals surface area contributed by atoms with Gasteiger partial charge in [0.1, 0.15) is 5.75 Å². The van der Waals surface area contributed by atoms with Gasteiger partial charge >= 0.3 is 0 Å². The molecule has 96 valence electrons. The maximum absolute atomic E-state index is 5.85. The average molecular weight is 245 g/mol. The molecule has 0 aliphatic rings. The lowest BCUT2D eigenvalue weighted by atomic mass is 10.0. The highest BCUT2D eigenvalue weighted by atomic mass is 16.5. The van der Waals surface area contributed by atoms with Crippen molar-refractivity contribution in [1.29, 1.82) is 0 Å². The number of ether oxygens (including phenoxy) is 1. The van der Waals surface area contributed by atoms with Gasteiger partial charge in [0.15, 0.2) is 0 Å². The van der Waals surface area contributed by atoms with E-state index in [9.17, 15) is 0 Å². The summed E-state index contributed by atoms with van der Waals surface area (Å²) >= 11 is 0. The lowest BCUT2D eigenvalue weighted by molar-refractivity contribution is 0.411. The molecular weight excluding hydrogens is 226 g/mol. The third kappa shape index (κ3) is 1.83. The summed E-state index contributed by atoms with van der Waals surface area (Å²) in [5, 5.41) is 0. The third-order valence-electron chi connectivity index (χ3n) is 3.30. The second-order valence-corrected chi connectivity index (χ2v) is 4.60. The van der Waals surface area contributed by atoms with Crippen molar-refractivity contribution in [3.05, 3.63) is 29.0 Å². The van der Waals surface area contributed by atoms with Crippen LogP contribution in [0.15, 0.2) is 12.1 Å². The number of hydrogen-bond acceptors (Lipinski definition) is 3. The largest absolute Gasteiger partial charge is 0.496 e. The summed E-state index contributed by atoms with van der Waals surface area (Å²) in [5.41, 5.74) is 11.3. The Morgan fingerprint density at radius 2 is 1.83 bits per heavy atom. The number of hydrogen-bond donors (Lipinski definition) is 1. The number of rotatable bonds is 2. The van der Waals surface area contributed by atoms with Gasteiger partial charge in [0.2, 0.25) is 5.95 Å². The Bertz CT molecular complexity index is 600. The molecule has 0 spiro atoms. The summed E-state index contributed by atoms with van der Waals surface area (Å²) in [7, 11) is 3.62. The number of methoxy groups -OCH3 is 1. The highest BCUT2D eigenvalue weighted by molar-refractivity contribution is 5.70. The summed E-state index contributed by atoms with van der Waals surface area (Å²) in [6.07, 6.45) is 0. The molecule has 0 saturated heterocycles. The molecule has 2 aromatic rings. The molecule has 2 rings (SSSR count). The lowest BCUT2D eigenvalue weighted by Crippen LogP contribution is -2.00. The van der Waals surface area contributed by atoms with Gasteiger partial charge in [-0.15, -0.1) is 0 Å². The summed E-state index contributed by atoms with van der Waals surface area (Å²) in [6, 6.07) is 4.17. The van der Waals surface area contributed by atoms with Gasteiger partial charge in [-0.3, -0.25) is 0 Å². The molecule has 0 unspecified atom stereocenters. The van der Waals surface area contributed by atoms with E-state index in [-0.39, 0.29) is 0 Å². The van der Waals surface area contributed by atoms with E-state index in [2.05, 4.69) is 18.0 Å². The molecule has 2 N–H and O–H groups in total. The van der Waals surface area contributed by atoms with E-state index < -0.39 is 0 Å². The lowest BCUT2D eigenvalue weighted by Gasteiger charge is -2.12. The summed E-state index contributed by atoms with van der Waals surface area (Å²) in [5.74, 6) is 1.44. The number of imidazole rings is 1. The predicted molar refractivity (Wildman–Crippen MR) is 73.8 cm³/mol. The van der Waals surface area contributed by atoms with Gasteiger partial charge in [-0.2, -0.15) is 0 Å². The van der Waals surface area contributed by atoms with Crippen LogP contribution in [0.4, 0.5) is 5.95 Å². The molecule has 1 aromatic heterocycles. The quantitative estimate of drug-likeness (QED) is 0.884. The second-order valence-electron chi connectivity index (χ2n) is 4.60. The van der Waals surface area contributed by atoms with E-state index in [0.29, 0.717) is 5.95 Å². The minimum absolute atomic E-state index is 0.537. The first-order chi connectivity index (χ1) is 8.45. The zero-order valence-electron chi connectivity index (χ0n) is 11.5. The smallest absolute Gasteiger partial charge is 0.200 e. The Hall–Kier alpha value is -1.97. The van der Waals surface area contributed by atoms with Crippen LogP contribution in [0.3, 0.4) is 0 Å². The Morgan fingerprint density at radius 1 is 1.17 bits per heavy atom. The summed E-state index contributed by atoms with van der Waals surface area (Å²) in [4.78, 5) is 4.31. The number of nitrogens with zero attached hydrogens (tertiary/aromatic N) is 2. The number of nitrogens with two attached hydrogens (primary N) is 1. The van der Waals surface area contributed by atoms with Gasteiger partial charge in [0.25, 0.3) is 0 Å². The van der Waals surface area contributed by atoms with Crippen molar-refractivity contribution in [2.24, 2.45) is 7.05 Å². The molecule has 0 aliphatic heterocycles. The number of anilines is 1. The van der Waals surface area contributed by atoms with Crippen molar-refractivity contribution in [3.8, 4) is 17.0 Å². The van der Waals surface area contributed by atoms with Gasteiger partial charge in [-0.05, 0) is 44.0 Å². The SMILES string of the molecule is COc1cc(C)c(-c2c(C)nc(N)n2C)cc1C. The zero-order valence-corrected chi connectivity index (χ0v) is 11.5. The fourth-order valence-corrected chi connectivity index (χ4v) is 2.30. The third-order valence-corrected chi connectivity index (χ3v) is 3.30. The van der Waals surface area contributed by atoms with Crippen LogP contribution in [0.25, 0.3) is 11.3 Å². The fourth-order valence-electron chi connectivity index (χ4n) is 2.30. The van der Waals surface area contributed by atoms with Crippen LogP contribution in [0, 0.1) is 20.8 Å². The van der Waals surface area contributed by atoms with Crippen LogP contribution in [0.2, 0.25) is 0 Å².